The van der Waals surface area contributed by atoms with Crippen molar-refractivity contribution >= 4 is 22.6 Å². The SMILES string of the molecule is Cc1cc(OCCCCn2c(-c3ccccc3)nc3ccccc32)cc(C)c1Cl. The lowest BCUT2D eigenvalue weighted by molar-refractivity contribution is 0.303. The average molecular weight is 405 g/mol. The van der Waals surface area contributed by atoms with Gasteiger partial charge in [-0.3, -0.25) is 0 Å². The van der Waals surface area contributed by atoms with Crippen LogP contribution in [0.15, 0.2) is 66.7 Å². The molecule has 29 heavy (non-hydrogen) atoms. The largest absolute Gasteiger partial charge is 0.494 e. The number of hydrogen-bond donors (Lipinski definition) is 0. The molecule has 4 rings (SSSR count). The Balaban J connectivity index is 1.43. The van der Waals surface area contributed by atoms with E-state index in [9.17, 15) is 0 Å². The molecule has 0 spiro atoms. The highest BCUT2D eigenvalue weighted by Crippen LogP contribution is 2.27. The summed E-state index contributed by atoms with van der Waals surface area (Å²) in [5.74, 6) is 1.92. The number of nitrogens with zero attached hydrogens (tertiary/aromatic N) is 2. The molecular formula is C25H25ClN2O. The maximum atomic E-state index is 6.24. The lowest BCUT2D eigenvalue weighted by Gasteiger charge is -2.11. The molecule has 4 aromatic rings. The number of imidazole rings is 1. The summed E-state index contributed by atoms with van der Waals surface area (Å²) in [5.41, 5.74) is 5.47. The summed E-state index contributed by atoms with van der Waals surface area (Å²) >= 11 is 6.24. The van der Waals surface area contributed by atoms with Crippen molar-refractivity contribution in [2.45, 2.75) is 33.2 Å². The van der Waals surface area contributed by atoms with E-state index < -0.39 is 0 Å². The normalized spacial score (nSPS) is 11.1. The van der Waals surface area contributed by atoms with Gasteiger partial charge in [0.15, 0.2) is 0 Å². The summed E-state index contributed by atoms with van der Waals surface area (Å²) in [6.07, 6.45) is 1.99. The van der Waals surface area contributed by atoms with Crippen LogP contribution in [0.5, 0.6) is 5.75 Å². The van der Waals surface area contributed by atoms with E-state index in [2.05, 4.69) is 47.0 Å². The Morgan fingerprint density at radius 1 is 0.897 bits per heavy atom. The molecule has 0 radical (unpaired) electrons. The molecule has 0 saturated heterocycles. The van der Waals surface area contributed by atoms with Crippen LogP contribution < -0.4 is 4.74 Å². The van der Waals surface area contributed by atoms with Crippen molar-refractivity contribution in [1.82, 2.24) is 9.55 Å². The molecule has 1 aromatic heterocycles. The maximum absolute atomic E-state index is 6.24. The van der Waals surface area contributed by atoms with Crippen LogP contribution in [0.2, 0.25) is 5.02 Å². The van der Waals surface area contributed by atoms with Crippen LogP contribution >= 0.6 is 11.6 Å². The lowest BCUT2D eigenvalue weighted by atomic mass is 10.1. The van der Waals surface area contributed by atoms with Gasteiger partial charge < -0.3 is 9.30 Å². The van der Waals surface area contributed by atoms with Crippen molar-refractivity contribution in [3.63, 3.8) is 0 Å². The van der Waals surface area contributed by atoms with Crippen LogP contribution in [0, 0.1) is 13.8 Å². The van der Waals surface area contributed by atoms with Crippen LogP contribution in [-0.2, 0) is 6.54 Å². The molecule has 0 atom stereocenters. The van der Waals surface area contributed by atoms with Gasteiger partial charge in [0.1, 0.15) is 11.6 Å². The summed E-state index contributed by atoms with van der Waals surface area (Å²) in [6.45, 7) is 5.62. The predicted octanol–water partition coefficient (Wildman–Crippen LogP) is 6.83. The number of aromatic nitrogens is 2. The lowest BCUT2D eigenvalue weighted by Crippen LogP contribution is -2.04. The molecule has 0 fully saturated rings. The van der Waals surface area contributed by atoms with Gasteiger partial charge in [-0.15, -0.1) is 0 Å². The van der Waals surface area contributed by atoms with Gasteiger partial charge in [0, 0.05) is 17.1 Å². The number of para-hydroxylation sites is 2. The van der Waals surface area contributed by atoms with E-state index in [1.165, 1.54) is 5.52 Å². The standard InChI is InChI=1S/C25H25ClN2O/c1-18-16-21(17-19(2)24(18)26)29-15-9-8-14-28-23-13-7-6-12-22(23)27-25(28)20-10-4-3-5-11-20/h3-7,10-13,16-17H,8-9,14-15H2,1-2H3. The minimum absolute atomic E-state index is 0.688. The number of fused-ring (bicyclic) bond motifs is 1. The zero-order valence-corrected chi connectivity index (χ0v) is 17.6. The van der Waals surface area contributed by atoms with Gasteiger partial charge in [-0.1, -0.05) is 54.1 Å². The van der Waals surface area contributed by atoms with E-state index in [1.807, 2.05) is 38.1 Å². The van der Waals surface area contributed by atoms with Crippen LogP contribution in [0.4, 0.5) is 0 Å². The average Bonchev–Trinajstić information content (AvgIpc) is 3.11. The molecule has 0 aliphatic carbocycles. The van der Waals surface area contributed by atoms with E-state index in [1.54, 1.807) is 0 Å². The fourth-order valence-corrected chi connectivity index (χ4v) is 3.77. The van der Waals surface area contributed by atoms with Gasteiger partial charge in [0.05, 0.1) is 17.6 Å². The Kier molecular flexibility index (Phi) is 5.86. The highest BCUT2D eigenvalue weighted by atomic mass is 35.5. The molecular weight excluding hydrogens is 380 g/mol. The number of benzene rings is 3. The molecule has 0 aliphatic heterocycles. The zero-order chi connectivity index (χ0) is 20.2. The smallest absolute Gasteiger partial charge is 0.141 e. The van der Waals surface area contributed by atoms with E-state index in [0.717, 1.165) is 58.2 Å². The van der Waals surface area contributed by atoms with Crippen molar-refractivity contribution in [2.24, 2.45) is 0 Å². The molecule has 0 N–H and O–H groups in total. The Bertz CT molecular complexity index is 1100. The minimum Gasteiger partial charge on any atom is -0.494 e. The molecule has 3 aromatic carbocycles. The first-order valence-corrected chi connectivity index (χ1v) is 10.4. The molecule has 0 amide bonds. The van der Waals surface area contributed by atoms with E-state index >= 15 is 0 Å². The van der Waals surface area contributed by atoms with E-state index in [4.69, 9.17) is 21.3 Å². The van der Waals surface area contributed by atoms with Gasteiger partial charge in [0.25, 0.3) is 0 Å². The number of unbranched alkanes of at least 4 members (excludes halogenated alkanes) is 1. The second kappa shape index (κ2) is 8.71. The van der Waals surface area contributed by atoms with Crippen LogP contribution in [-0.4, -0.2) is 16.2 Å². The number of hydrogen-bond acceptors (Lipinski definition) is 2. The summed E-state index contributed by atoms with van der Waals surface area (Å²) in [6, 6.07) is 22.7. The number of ether oxygens (including phenoxy) is 1. The minimum atomic E-state index is 0.688. The summed E-state index contributed by atoms with van der Waals surface area (Å²) in [5, 5.41) is 0.817. The Morgan fingerprint density at radius 2 is 1.59 bits per heavy atom. The first-order valence-electron chi connectivity index (χ1n) is 10.0. The molecule has 148 valence electrons. The molecule has 3 nitrogen and oxygen atoms in total. The van der Waals surface area contributed by atoms with Gasteiger partial charge in [-0.2, -0.15) is 0 Å². The third-order valence-electron chi connectivity index (χ3n) is 5.14. The second-order valence-corrected chi connectivity index (χ2v) is 7.75. The summed E-state index contributed by atoms with van der Waals surface area (Å²) in [4.78, 5) is 4.88. The first-order chi connectivity index (χ1) is 14.1. The molecule has 0 aliphatic rings. The third kappa shape index (κ3) is 4.30. The van der Waals surface area contributed by atoms with Crippen molar-refractivity contribution in [3.05, 3.63) is 82.9 Å². The zero-order valence-electron chi connectivity index (χ0n) is 16.9. The molecule has 0 saturated carbocycles. The van der Waals surface area contributed by atoms with E-state index in [-0.39, 0.29) is 0 Å². The Morgan fingerprint density at radius 3 is 2.34 bits per heavy atom. The second-order valence-electron chi connectivity index (χ2n) is 7.37. The molecule has 4 heteroatoms. The van der Waals surface area contributed by atoms with Crippen molar-refractivity contribution in [3.8, 4) is 17.1 Å². The Hall–Kier alpha value is -2.78. The van der Waals surface area contributed by atoms with Crippen molar-refractivity contribution in [1.29, 1.82) is 0 Å². The third-order valence-corrected chi connectivity index (χ3v) is 5.74. The molecule has 0 bridgehead atoms. The number of rotatable bonds is 7. The monoisotopic (exact) mass is 404 g/mol. The predicted molar refractivity (Wildman–Crippen MR) is 121 cm³/mol. The van der Waals surface area contributed by atoms with E-state index in [0.29, 0.717) is 6.61 Å². The van der Waals surface area contributed by atoms with Crippen LogP contribution in [0.25, 0.3) is 22.4 Å². The van der Waals surface area contributed by atoms with Crippen molar-refractivity contribution in [2.75, 3.05) is 6.61 Å². The van der Waals surface area contributed by atoms with Crippen LogP contribution in [0.3, 0.4) is 0 Å². The van der Waals surface area contributed by atoms with Crippen molar-refractivity contribution < 1.29 is 4.74 Å². The Labute approximate surface area is 176 Å². The van der Waals surface area contributed by atoms with Crippen LogP contribution in [0.1, 0.15) is 24.0 Å². The summed E-state index contributed by atoms with van der Waals surface area (Å²) in [7, 11) is 0. The molecule has 0 unspecified atom stereocenters. The maximum Gasteiger partial charge on any atom is 0.141 e. The summed E-state index contributed by atoms with van der Waals surface area (Å²) < 4.78 is 8.28. The van der Waals surface area contributed by atoms with Gasteiger partial charge >= 0.3 is 0 Å². The van der Waals surface area contributed by atoms with Gasteiger partial charge in [-0.25, -0.2) is 4.98 Å². The highest BCUT2D eigenvalue weighted by Gasteiger charge is 2.12. The number of aryl methyl sites for hydroxylation is 3. The number of halogens is 1. The molecule has 1 heterocycles. The van der Waals surface area contributed by atoms with Gasteiger partial charge in [-0.05, 0) is 62.1 Å². The topological polar surface area (TPSA) is 27.1 Å². The fourth-order valence-electron chi connectivity index (χ4n) is 3.66. The quantitative estimate of drug-likeness (QED) is 0.315. The first kappa shape index (κ1) is 19.5. The highest BCUT2D eigenvalue weighted by molar-refractivity contribution is 6.32. The fraction of sp³-hybridized carbons (Fsp3) is 0.240. The van der Waals surface area contributed by atoms with Gasteiger partial charge in [0.2, 0.25) is 0 Å².